The molecule has 90 valence electrons. The summed E-state index contributed by atoms with van der Waals surface area (Å²) in [6.07, 6.45) is 8.89. The molecule has 1 N–H and O–H groups in total. The van der Waals surface area contributed by atoms with Gasteiger partial charge in [-0.2, -0.15) is 0 Å². The molecule has 1 heterocycles. The SMILES string of the molecule is CCNCC1(Cc2cnc(C)s2)CCCC1. The molecule has 0 aliphatic heterocycles. The molecule has 16 heavy (non-hydrogen) atoms. The minimum Gasteiger partial charge on any atom is -0.316 e. The molecule has 3 heteroatoms. The molecule has 0 aromatic carbocycles. The van der Waals surface area contributed by atoms with Crippen LogP contribution in [-0.2, 0) is 6.42 Å². The summed E-state index contributed by atoms with van der Waals surface area (Å²) in [7, 11) is 0. The Balaban J connectivity index is 2.02. The highest BCUT2D eigenvalue weighted by molar-refractivity contribution is 7.11. The van der Waals surface area contributed by atoms with Crippen LogP contribution in [0.4, 0.5) is 0 Å². The molecule has 1 saturated carbocycles. The summed E-state index contributed by atoms with van der Waals surface area (Å²) in [4.78, 5) is 5.84. The molecule has 0 saturated heterocycles. The minimum absolute atomic E-state index is 0.523. The smallest absolute Gasteiger partial charge is 0.0896 e. The Hall–Kier alpha value is -0.410. The average Bonchev–Trinajstić information content (AvgIpc) is 2.87. The van der Waals surface area contributed by atoms with Gasteiger partial charge in [0.1, 0.15) is 0 Å². The van der Waals surface area contributed by atoms with E-state index in [1.807, 2.05) is 11.3 Å². The minimum atomic E-state index is 0.523. The van der Waals surface area contributed by atoms with E-state index in [0.717, 1.165) is 6.54 Å². The summed E-state index contributed by atoms with van der Waals surface area (Å²) < 4.78 is 0. The lowest BCUT2D eigenvalue weighted by Gasteiger charge is -2.28. The van der Waals surface area contributed by atoms with Crippen molar-refractivity contribution >= 4 is 11.3 Å². The van der Waals surface area contributed by atoms with Crippen LogP contribution in [0.1, 0.15) is 42.5 Å². The Morgan fingerprint density at radius 3 is 2.75 bits per heavy atom. The van der Waals surface area contributed by atoms with Crippen molar-refractivity contribution in [3.63, 3.8) is 0 Å². The van der Waals surface area contributed by atoms with E-state index < -0.39 is 0 Å². The van der Waals surface area contributed by atoms with Crippen molar-refractivity contribution in [2.24, 2.45) is 5.41 Å². The zero-order valence-corrected chi connectivity index (χ0v) is 11.2. The van der Waals surface area contributed by atoms with Gasteiger partial charge in [0.15, 0.2) is 0 Å². The third-order valence-electron chi connectivity index (χ3n) is 3.63. The highest BCUT2D eigenvalue weighted by Gasteiger charge is 2.33. The summed E-state index contributed by atoms with van der Waals surface area (Å²) >= 11 is 1.87. The highest BCUT2D eigenvalue weighted by Crippen LogP contribution is 2.41. The van der Waals surface area contributed by atoms with Gasteiger partial charge < -0.3 is 5.32 Å². The summed E-state index contributed by atoms with van der Waals surface area (Å²) in [6, 6.07) is 0. The fourth-order valence-corrected chi connectivity index (χ4v) is 3.76. The number of hydrogen-bond donors (Lipinski definition) is 1. The average molecular weight is 238 g/mol. The van der Waals surface area contributed by atoms with E-state index in [1.54, 1.807) is 0 Å². The second kappa shape index (κ2) is 5.28. The molecule has 2 rings (SSSR count). The summed E-state index contributed by atoms with van der Waals surface area (Å²) in [6.45, 7) is 6.56. The Morgan fingerprint density at radius 1 is 1.44 bits per heavy atom. The van der Waals surface area contributed by atoms with Gasteiger partial charge in [-0.25, -0.2) is 4.98 Å². The molecule has 1 aliphatic rings. The maximum absolute atomic E-state index is 4.37. The van der Waals surface area contributed by atoms with Gasteiger partial charge >= 0.3 is 0 Å². The molecular weight excluding hydrogens is 216 g/mol. The van der Waals surface area contributed by atoms with Crippen LogP contribution < -0.4 is 5.32 Å². The topological polar surface area (TPSA) is 24.9 Å². The molecule has 1 aliphatic carbocycles. The predicted octanol–water partition coefficient (Wildman–Crippen LogP) is 3.16. The van der Waals surface area contributed by atoms with Gasteiger partial charge in [-0.05, 0) is 38.1 Å². The van der Waals surface area contributed by atoms with Gasteiger partial charge in [-0.1, -0.05) is 19.8 Å². The number of nitrogens with zero attached hydrogens (tertiary/aromatic N) is 1. The quantitative estimate of drug-likeness (QED) is 0.852. The van der Waals surface area contributed by atoms with E-state index in [2.05, 4.69) is 30.3 Å². The largest absolute Gasteiger partial charge is 0.316 e. The third-order valence-corrected chi connectivity index (χ3v) is 4.55. The van der Waals surface area contributed by atoms with Crippen molar-refractivity contribution in [1.29, 1.82) is 0 Å². The normalized spacial score (nSPS) is 19.1. The van der Waals surface area contributed by atoms with Crippen LogP contribution in [0.25, 0.3) is 0 Å². The first-order valence-corrected chi connectivity index (χ1v) is 7.18. The molecule has 0 amide bonds. The first kappa shape index (κ1) is 12.1. The maximum Gasteiger partial charge on any atom is 0.0896 e. The molecule has 0 spiro atoms. The first-order chi connectivity index (χ1) is 7.74. The van der Waals surface area contributed by atoms with Crippen molar-refractivity contribution < 1.29 is 0 Å². The zero-order valence-electron chi connectivity index (χ0n) is 10.4. The van der Waals surface area contributed by atoms with Gasteiger partial charge in [0.2, 0.25) is 0 Å². The fraction of sp³-hybridized carbons (Fsp3) is 0.769. The maximum atomic E-state index is 4.37. The highest BCUT2D eigenvalue weighted by atomic mass is 32.1. The molecule has 0 unspecified atom stereocenters. The summed E-state index contributed by atoms with van der Waals surface area (Å²) in [5.74, 6) is 0. The second-order valence-corrected chi connectivity index (χ2v) is 6.33. The van der Waals surface area contributed by atoms with Crippen LogP contribution in [0.2, 0.25) is 0 Å². The number of hydrogen-bond acceptors (Lipinski definition) is 3. The van der Waals surface area contributed by atoms with E-state index in [-0.39, 0.29) is 0 Å². The third kappa shape index (κ3) is 2.83. The van der Waals surface area contributed by atoms with Crippen LogP contribution in [0.5, 0.6) is 0 Å². The van der Waals surface area contributed by atoms with E-state index in [9.17, 15) is 0 Å². The van der Waals surface area contributed by atoms with Gasteiger partial charge in [0, 0.05) is 17.6 Å². The molecular formula is C13H22N2S. The molecule has 2 nitrogen and oxygen atoms in total. The summed E-state index contributed by atoms with van der Waals surface area (Å²) in [5.41, 5.74) is 0.523. The molecule has 0 bridgehead atoms. The summed E-state index contributed by atoms with van der Waals surface area (Å²) in [5, 5.41) is 4.74. The molecule has 1 aromatic heterocycles. The van der Waals surface area contributed by atoms with Crippen LogP contribution in [0.3, 0.4) is 0 Å². The Labute approximate surface area is 102 Å². The Bertz CT molecular complexity index is 326. The molecule has 0 radical (unpaired) electrons. The number of nitrogens with one attached hydrogen (secondary N) is 1. The lowest BCUT2D eigenvalue weighted by Crippen LogP contribution is -2.33. The van der Waals surface area contributed by atoms with Crippen LogP contribution >= 0.6 is 11.3 Å². The monoisotopic (exact) mass is 238 g/mol. The zero-order chi connectivity index (χ0) is 11.4. The number of rotatable bonds is 5. The van der Waals surface area contributed by atoms with E-state index >= 15 is 0 Å². The van der Waals surface area contributed by atoms with Crippen molar-refractivity contribution in [3.05, 3.63) is 16.1 Å². The lowest BCUT2D eigenvalue weighted by atomic mass is 9.82. The van der Waals surface area contributed by atoms with Crippen molar-refractivity contribution in [1.82, 2.24) is 10.3 Å². The predicted molar refractivity (Wildman–Crippen MR) is 70.0 cm³/mol. The number of thiazole rings is 1. The first-order valence-electron chi connectivity index (χ1n) is 6.36. The van der Waals surface area contributed by atoms with Crippen LogP contribution in [-0.4, -0.2) is 18.1 Å². The fourth-order valence-electron chi connectivity index (χ4n) is 2.79. The standard InChI is InChI=1S/C13H22N2S/c1-3-14-10-13(6-4-5-7-13)8-12-9-15-11(2)16-12/h9,14H,3-8,10H2,1-2H3. The number of aryl methyl sites for hydroxylation is 1. The Morgan fingerprint density at radius 2 is 2.19 bits per heavy atom. The van der Waals surface area contributed by atoms with E-state index in [1.165, 1.54) is 48.5 Å². The van der Waals surface area contributed by atoms with E-state index in [0.29, 0.717) is 5.41 Å². The van der Waals surface area contributed by atoms with Crippen LogP contribution in [0.15, 0.2) is 6.20 Å². The Kier molecular flexibility index (Phi) is 3.98. The molecule has 1 aromatic rings. The molecule has 1 fully saturated rings. The van der Waals surface area contributed by atoms with Gasteiger partial charge in [-0.15, -0.1) is 11.3 Å². The van der Waals surface area contributed by atoms with Crippen molar-refractivity contribution in [3.8, 4) is 0 Å². The van der Waals surface area contributed by atoms with Gasteiger partial charge in [-0.3, -0.25) is 0 Å². The number of aromatic nitrogens is 1. The van der Waals surface area contributed by atoms with Gasteiger partial charge in [0.05, 0.1) is 5.01 Å². The van der Waals surface area contributed by atoms with Gasteiger partial charge in [0.25, 0.3) is 0 Å². The lowest BCUT2D eigenvalue weighted by molar-refractivity contribution is 0.282. The molecule has 0 atom stereocenters. The van der Waals surface area contributed by atoms with E-state index in [4.69, 9.17) is 0 Å². The second-order valence-electron chi connectivity index (χ2n) is 5.01. The van der Waals surface area contributed by atoms with Crippen LogP contribution in [0, 0.1) is 12.3 Å². The van der Waals surface area contributed by atoms with Crippen molar-refractivity contribution in [2.45, 2.75) is 46.0 Å². The van der Waals surface area contributed by atoms with Crippen molar-refractivity contribution in [2.75, 3.05) is 13.1 Å².